The zero-order chi connectivity index (χ0) is 24.3. The van der Waals surface area contributed by atoms with Gasteiger partial charge in [-0.2, -0.15) is 5.26 Å². The van der Waals surface area contributed by atoms with Crippen molar-refractivity contribution in [3.8, 4) is 17.7 Å². The lowest BCUT2D eigenvalue weighted by atomic mass is 10.00. The predicted octanol–water partition coefficient (Wildman–Crippen LogP) is 4.78. The first kappa shape index (κ1) is 23.8. The molecule has 0 aliphatic heterocycles. The van der Waals surface area contributed by atoms with Crippen LogP contribution < -0.4 is 10.3 Å². The third-order valence-corrected chi connectivity index (χ3v) is 5.69. The van der Waals surface area contributed by atoms with Crippen molar-refractivity contribution in [1.29, 1.82) is 5.26 Å². The van der Waals surface area contributed by atoms with Gasteiger partial charge >= 0.3 is 0 Å². The van der Waals surface area contributed by atoms with E-state index in [1.54, 1.807) is 0 Å². The van der Waals surface area contributed by atoms with Gasteiger partial charge in [-0.3, -0.25) is 14.2 Å². The summed E-state index contributed by atoms with van der Waals surface area (Å²) in [6.07, 6.45) is 0. The number of aromatic hydroxyl groups is 1. The molecule has 0 fully saturated rings. The number of aryl methyl sites for hydroxylation is 2. The van der Waals surface area contributed by atoms with Crippen LogP contribution >= 0.6 is 0 Å². The molecule has 0 unspecified atom stereocenters. The number of ketones is 1. The highest BCUT2D eigenvalue weighted by Gasteiger charge is 2.24. The molecule has 0 saturated heterocycles. The van der Waals surface area contributed by atoms with Gasteiger partial charge in [-0.05, 0) is 55.0 Å². The van der Waals surface area contributed by atoms with Gasteiger partial charge in [0.15, 0.2) is 6.61 Å². The summed E-state index contributed by atoms with van der Waals surface area (Å²) in [6, 6.07) is 15.2. The molecule has 0 atom stereocenters. The summed E-state index contributed by atoms with van der Waals surface area (Å²) in [5.41, 5.74) is 3.08. The van der Waals surface area contributed by atoms with Gasteiger partial charge in [-0.25, -0.2) is 0 Å². The van der Waals surface area contributed by atoms with Gasteiger partial charge in [0.05, 0.1) is 12.1 Å². The molecule has 0 aliphatic rings. The van der Waals surface area contributed by atoms with Crippen molar-refractivity contribution in [3.05, 3.63) is 91.8 Å². The van der Waals surface area contributed by atoms with Crippen LogP contribution in [0, 0.1) is 32.1 Å². The molecule has 1 aromatic heterocycles. The molecular weight excluding hydrogens is 416 g/mol. The van der Waals surface area contributed by atoms with E-state index in [9.17, 15) is 20.0 Å². The maximum absolute atomic E-state index is 13.1. The number of nitriles is 1. The second kappa shape index (κ2) is 9.74. The van der Waals surface area contributed by atoms with E-state index in [-0.39, 0.29) is 35.8 Å². The molecule has 6 nitrogen and oxygen atoms in total. The Kier molecular flexibility index (Phi) is 7.03. The lowest BCUT2D eigenvalue weighted by molar-refractivity contribution is 0.0915. The van der Waals surface area contributed by atoms with Gasteiger partial charge in [-0.1, -0.05) is 55.8 Å². The molecule has 3 aromatic rings. The van der Waals surface area contributed by atoms with E-state index in [1.165, 1.54) is 6.92 Å². The van der Waals surface area contributed by atoms with Gasteiger partial charge in [0.2, 0.25) is 11.7 Å². The van der Waals surface area contributed by atoms with Crippen LogP contribution in [0.4, 0.5) is 0 Å². The Hall–Kier alpha value is -3.85. The summed E-state index contributed by atoms with van der Waals surface area (Å²) in [7, 11) is 0. The number of hydrogen-bond donors (Lipinski definition) is 1. The summed E-state index contributed by atoms with van der Waals surface area (Å²) in [5.74, 6) is -0.161. The minimum Gasteiger partial charge on any atom is -0.494 e. The Morgan fingerprint density at radius 1 is 1.09 bits per heavy atom. The first-order valence-electron chi connectivity index (χ1n) is 10.8. The number of carbonyl (C=O) groups excluding carboxylic acids is 1. The van der Waals surface area contributed by atoms with E-state index < -0.39 is 17.2 Å². The molecule has 1 heterocycles. The van der Waals surface area contributed by atoms with Crippen LogP contribution in [0.15, 0.2) is 47.3 Å². The van der Waals surface area contributed by atoms with E-state index in [0.717, 1.165) is 26.8 Å². The predicted molar refractivity (Wildman–Crippen MR) is 127 cm³/mol. The molecule has 3 rings (SSSR count). The summed E-state index contributed by atoms with van der Waals surface area (Å²) in [5, 5.41) is 20.5. The van der Waals surface area contributed by atoms with Crippen LogP contribution in [0.5, 0.6) is 11.6 Å². The van der Waals surface area contributed by atoms with Gasteiger partial charge in [0.1, 0.15) is 17.4 Å². The number of Topliss-reactive ketones (excluding diaryl/α,β-unsaturated/α-hetero) is 1. The van der Waals surface area contributed by atoms with Gasteiger partial charge < -0.3 is 9.84 Å². The second-order valence-corrected chi connectivity index (χ2v) is 8.60. The van der Waals surface area contributed by atoms with Crippen molar-refractivity contribution in [2.75, 3.05) is 6.61 Å². The average Bonchev–Trinajstić information content (AvgIpc) is 2.76. The van der Waals surface area contributed by atoms with Crippen LogP contribution in [0.1, 0.15) is 63.5 Å². The molecule has 0 aliphatic carbocycles. The highest BCUT2D eigenvalue weighted by molar-refractivity contribution is 6.01. The van der Waals surface area contributed by atoms with Crippen LogP contribution in [-0.4, -0.2) is 22.1 Å². The third kappa shape index (κ3) is 4.98. The van der Waals surface area contributed by atoms with E-state index in [4.69, 9.17) is 4.74 Å². The largest absolute Gasteiger partial charge is 0.494 e. The van der Waals surface area contributed by atoms with Crippen LogP contribution in [-0.2, 0) is 6.54 Å². The monoisotopic (exact) mass is 444 g/mol. The maximum Gasteiger partial charge on any atom is 0.271 e. The molecular formula is C27H28N2O4. The molecule has 6 heteroatoms. The number of carbonyl (C=O) groups is 1. The lowest BCUT2D eigenvalue weighted by Gasteiger charge is -2.17. The van der Waals surface area contributed by atoms with Gasteiger partial charge in [0, 0.05) is 0 Å². The molecule has 2 aromatic carbocycles. The van der Waals surface area contributed by atoms with Crippen molar-refractivity contribution in [1.82, 2.24) is 4.57 Å². The van der Waals surface area contributed by atoms with E-state index in [2.05, 4.69) is 0 Å². The van der Waals surface area contributed by atoms with Gasteiger partial charge in [0.25, 0.3) is 5.56 Å². The molecule has 0 bridgehead atoms. The zero-order valence-corrected chi connectivity index (χ0v) is 19.6. The number of pyridine rings is 1. The Balaban J connectivity index is 1.99. The minimum absolute atomic E-state index is 0.0381. The van der Waals surface area contributed by atoms with Gasteiger partial charge in [-0.15, -0.1) is 0 Å². The Morgan fingerprint density at radius 3 is 2.33 bits per heavy atom. The molecule has 0 saturated carbocycles. The summed E-state index contributed by atoms with van der Waals surface area (Å²) >= 11 is 0. The van der Waals surface area contributed by atoms with E-state index in [0.29, 0.717) is 5.75 Å². The first-order valence-corrected chi connectivity index (χ1v) is 10.8. The normalized spacial score (nSPS) is 10.8. The summed E-state index contributed by atoms with van der Waals surface area (Å²) in [4.78, 5) is 26.0. The highest BCUT2D eigenvalue weighted by Crippen LogP contribution is 2.29. The SMILES string of the molecule is Cc1ccc(Cn2c(O)c(C(=O)COc3cc(C)ccc3C(C)C)c(C)c(C#N)c2=O)cc1. The molecule has 0 amide bonds. The highest BCUT2D eigenvalue weighted by atomic mass is 16.5. The van der Waals surface area contributed by atoms with Crippen molar-refractivity contribution >= 4 is 5.78 Å². The zero-order valence-electron chi connectivity index (χ0n) is 19.6. The quantitative estimate of drug-likeness (QED) is 0.529. The summed E-state index contributed by atoms with van der Waals surface area (Å²) in [6.45, 7) is 9.17. The minimum atomic E-state index is -0.633. The van der Waals surface area contributed by atoms with Crippen molar-refractivity contribution in [2.45, 2.75) is 47.1 Å². The lowest BCUT2D eigenvalue weighted by Crippen LogP contribution is -2.28. The number of rotatable bonds is 7. The molecule has 33 heavy (non-hydrogen) atoms. The third-order valence-electron chi connectivity index (χ3n) is 5.69. The van der Waals surface area contributed by atoms with Crippen molar-refractivity contribution in [3.63, 3.8) is 0 Å². The number of nitrogens with zero attached hydrogens (tertiary/aromatic N) is 2. The molecule has 0 spiro atoms. The Bertz CT molecular complexity index is 1300. The molecule has 0 radical (unpaired) electrons. The smallest absolute Gasteiger partial charge is 0.271 e. The number of aromatic nitrogens is 1. The number of hydrogen-bond acceptors (Lipinski definition) is 5. The van der Waals surface area contributed by atoms with E-state index >= 15 is 0 Å². The average molecular weight is 445 g/mol. The Morgan fingerprint density at radius 2 is 1.73 bits per heavy atom. The van der Waals surface area contributed by atoms with Crippen molar-refractivity contribution in [2.24, 2.45) is 0 Å². The van der Waals surface area contributed by atoms with Crippen LogP contribution in [0.2, 0.25) is 0 Å². The fraction of sp³-hybridized carbons (Fsp3) is 0.296. The Labute approximate surface area is 193 Å². The fourth-order valence-electron chi connectivity index (χ4n) is 3.77. The van der Waals surface area contributed by atoms with Crippen LogP contribution in [0.25, 0.3) is 0 Å². The second-order valence-electron chi connectivity index (χ2n) is 8.60. The van der Waals surface area contributed by atoms with E-state index in [1.807, 2.05) is 76.2 Å². The maximum atomic E-state index is 13.1. The number of benzene rings is 2. The topological polar surface area (TPSA) is 92.3 Å². The molecule has 170 valence electrons. The first-order chi connectivity index (χ1) is 15.6. The fourth-order valence-corrected chi connectivity index (χ4v) is 3.77. The van der Waals surface area contributed by atoms with Crippen molar-refractivity contribution < 1.29 is 14.6 Å². The molecule has 1 N–H and O–H groups in total. The summed E-state index contributed by atoms with van der Waals surface area (Å²) < 4.78 is 6.91. The number of ether oxygens (including phenoxy) is 1. The standard InChI is InChI=1S/C27H28N2O4/c1-16(2)21-11-8-18(4)12-24(21)33-15-23(30)25-19(5)22(13-28)26(31)29(27(25)32)14-20-9-6-17(3)7-10-20/h6-12,16,32H,14-15H2,1-5H3. The van der Waals surface area contributed by atoms with Crippen LogP contribution in [0.3, 0.4) is 0 Å².